The van der Waals surface area contributed by atoms with Crippen molar-refractivity contribution in [3.8, 4) is 0 Å². The van der Waals surface area contributed by atoms with Crippen molar-refractivity contribution in [3.63, 3.8) is 0 Å². The van der Waals surface area contributed by atoms with Crippen molar-refractivity contribution >= 4 is 5.97 Å². The molecule has 2 aliphatic rings. The molecule has 11 unspecified atom stereocenters. The number of aliphatic hydroxyl groups excluding tert-OH is 7. The van der Waals surface area contributed by atoms with E-state index in [4.69, 9.17) is 28.4 Å². The first-order valence-corrected chi connectivity index (χ1v) is 29.4. The van der Waals surface area contributed by atoms with Gasteiger partial charge in [-0.05, 0) is 83.5 Å². The van der Waals surface area contributed by atoms with Crippen LogP contribution in [0.3, 0.4) is 0 Å². The molecule has 0 aromatic heterocycles. The first-order valence-electron chi connectivity index (χ1n) is 29.4. The van der Waals surface area contributed by atoms with E-state index in [1.807, 2.05) is 0 Å². The number of rotatable bonds is 47. The number of esters is 1. The fourth-order valence-electron chi connectivity index (χ4n) is 8.97. The van der Waals surface area contributed by atoms with Crippen LogP contribution in [0.1, 0.15) is 213 Å². The van der Waals surface area contributed by atoms with Crippen LogP contribution in [0.15, 0.2) is 60.8 Å². The lowest BCUT2D eigenvalue weighted by molar-refractivity contribution is -0.332. The average molecular weight is 1050 g/mol. The first-order chi connectivity index (χ1) is 36.1. The van der Waals surface area contributed by atoms with E-state index in [1.54, 1.807) is 0 Å². The van der Waals surface area contributed by atoms with E-state index in [-0.39, 0.29) is 19.6 Å². The molecule has 0 spiro atoms. The summed E-state index contributed by atoms with van der Waals surface area (Å²) >= 11 is 0. The first kappa shape index (κ1) is 67.8. The molecular weight excluding hydrogens is 945 g/mol. The number of carbonyl (C=O) groups excluding carboxylic acids is 1. The number of hydrogen-bond acceptors (Lipinski definition) is 14. The van der Waals surface area contributed by atoms with Crippen LogP contribution in [0.2, 0.25) is 0 Å². The number of carbonyl (C=O) groups is 1. The van der Waals surface area contributed by atoms with Crippen LogP contribution in [0.25, 0.3) is 0 Å². The van der Waals surface area contributed by atoms with Crippen molar-refractivity contribution in [3.05, 3.63) is 60.8 Å². The zero-order valence-electron chi connectivity index (χ0n) is 46.1. The Balaban J connectivity index is 1.71. The monoisotopic (exact) mass is 1050 g/mol. The second kappa shape index (κ2) is 46.8. The third-order valence-electron chi connectivity index (χ3n) is 13.7. The zero-order valence-corrected chi connectivity index (χ0v) is 46.1. The predicted molar refractivity (Wildman–Crippen MR) is 293 cm³/mol. The lowest BCUT2D eigenvalue weighted by Gasteiger charge is -2.42. The summed E-state index contributed by atoms with van der Waals surface area (Å²) in [4.78, 5) is 13.1. The van der Waals surface area contributed by atoms with Gasteiger partial charge in [-0.2, -0.15) is 0 Å². The third kappa shape index (κ3) is 33.1. The van der Waals surface area contributed by atoms with Gasteiger partial charge in [0.25, 0.3) is 0 Å². The molecule has 0 aromatic rings. The minimum absolute atomic E-state index is 0.0501. The normalized spacial score (nSPS) is 25.2. The molecule has 0 bridgehead atoms. The summed E-state index contributed by atoms with van der Waals surface area (Å²) in [6, 6.07) is 0. The number of unbranched alkanes of at least 4 members (excludes halogenated alkanes) is 23. The van der Waals surface area contributed by atoms with Gasteiger partial charge in [-0.25, -0.2) is 0 Å². The van der Waals surface area contributed by atoms with E-state index in [0.717, 1.165) is 83.5 Å². The molecule has 2 fully saturated rings. The van der Waals surface area contributed by atoms with Gasteiger partial charge in [0, 0.05) is 13.0 Å². The molecule has 2 saturated heterocycles. The van der Waals surface area contributed by atoms with Crippen LogP contribution in [0.5, 0.6) is 0 Å². The van der Waals surface area contributed by atoms with Gasteiger partial charge in [0.15, 0.2) is 12.6 Å². The smallest absolute Gasteiger partial charge is 0.306 e. The summed E-state index contributed by atoms with van der Waals surface area (Å²) in [5, 5.41) is 72.3. The molecule has 74 heavy (non-hydrogen) atoms. The zero-order chi connectivity index (χ0) is 53.7. The van der Waals surface area contributed by atoms with Crippen LogP contribution < -0.4 is 0 Å². The van der Waals surface area contributed by atoms with Gasteiger partial charge in [0.1, 0.15) is 54.9 Å². The van der Waals surface area contributed by atoms with Gasteiger partial charge < -0.3 is 64.2 Å². The molecule has 7 N–H and O–H groups in total. The maximum atomic E-state index is 13.1. The van der Waals surface area contributed by atoms with E-state index in [0.29, 0.717) is 13.0 Å². The molecular formula is C60H106O14. The van der Waals surface area contributed by atoms with Gasteiger partial charge in [-0.15, -0.1) is 0 Å². The fourth-order valence-corrected chi connectivity index (χ4v) is 8.97. The number of ether oxygens (including phenoxy) is 6. The lowest BCUT2D eigenvalue weighted by Crippen LogP contribution is -2.61. The minimum atomic E-state index is -1.71. The molecule has 2 aliphatic heterocycles. The Labute approximate surface area is 447 Å². The molecule has 14 heteroatoms. The maximum absolute atomic E-state index is 13.1. The highest BCUT2D eigenvalue weighted by Crippen LogP contribution is 2.26. The van der Waals surface area contributed by atoms with E-state index in [9.17, 15) is 40.5 Å². The number of allylic oxidation sites excluding steroid dienone is 10. The molecule has 2 heterocycles. The van der Waals surface area contributed by atoms with Crippen molar-refractivity contribution < 1.29 is 69.0 Å². The molecule has 2 rings (SSSR count). The highest BCUT2D eigenvalue weighted by Gasteiger charge is 2.47. The fraction of sp³-hybridized carbons (Fsp3) is 0.817. The number of aliphatic hydroxyl groups is 7. The van der Waals surface area contributed by atoms with Gasteiger partial charge in [0.2, 0.25) is 0 Å². The standard InChI is InChI=1S/C60H106O14/c1-3-5-7-9-11-13-15-17-19-21-22-23-24-25-26-27-28-30-32-34-36-38-40-42-44-69-46-49(72-52(62)43-41-39-37-35-33-31-29-20-18-16-14-12-10-8-6-4-2)47-70-59-58(68)56(66)54(64)51(74-59)48-71-60-57(67)55(65)53(63)50(45-61)73-60/h14-17,20-22,24-25,29,49-51,53-61,63-68H,3-13,18-19,23,26-28,30-48H2,1-2H3/b16-14-,17-15-,22-21-,25-24-,29-20-. The summed E-state index contributed by atoms with van der Waals surface area (Å²) < 4.78 is 34.4. The Morgan fingerprint density at radius 3 is 1.32 bits per heavy atom. The Morgan fingerprint density at radius 1 is 0.446 bits per heavy atom. The van der Waals surface area contributed by atoms with E-state index in [1.165, 1.54) is 103 Å². The second-order valence-electron chi connectivity index (χ2n) is 20.5. The Bertz CT molecular complexity index is 1450. The quantitative estimate of drug-likeness (QED) is 0.0172. The molecule has 0 aliphatic carbocycles. The SMILES string of the molecule is CCCCCC/C=C\C/C=C\CCCCCCCC(=O)OC(COCCCCCCCCCCC/C=C\C/C=C\C/C=C\CCCCCCC)COC1OC(COC2OC(CO)C(O)C(O)C2O)C(O)C(O)C1O. The minimum Gasteiger partial charge on any atom is -0.457 e. The van der Waals surface area contributed by atoms with Crippen molar-refractivity contribution in [2.24, 2.45) is 0 Å². The highest BCUT2D eigenvalue weighted by atomic mass is 16.7. The van der Waals surface area contributed by atoms with Crippen molar-refractivity contribution in [2.75, 3.05) is 33.0 Å². The summed E-state index contributed by atoms with van der Waals surface area (Å²) in [5.41, 5.74) is 0. The predicted octanol–water partition coefficient (Wildman–Crippen LogP) is 10.5. The molecule has 14 nitrogen and oxygen atoms in total. The van der Waals surface area contributed by atoms with Crippen LogP contribution in [-0.4, -0.2) is 142 Å². The van der Waals surface area contributed by atoms with Gasteiger partial charge >= 0.3 is 5.97 Å². The van der Waals surface area contributed by atoms with Crippen molar-refractivity contribution in [2.45, 2.75) is 280 Å². The molecule has 0 aromatic carbocycles. The van der Waals surface area contributed by atoms with Gasteiger partial charge in [-0.1, -0.05) is 184 Å². The molecule has 11 atom stereocenters. The molecule has 0 saturated carbocycles. The molecule has 0 radical (unpaired) electrons. The van der Waals surface area contributed by atoms with Crippen LogP contribution in [0, 0.1) is 0 Å². The van der Waals surface area contributed by atoms with Crippen LogP contribution in [0.4, 0.5) is 0 Å². The van der Waals surface area contributed by atoms with E-state index in [2.05, 4.69) is 74.6 Å². The Kier molecular flexibility index (Phi) is 42.8. The van der Waals surface area contributed by atoms with Crippen LogP contribution >= 0.6 is 0 Å². The largest absolute Gasteiger partial charge is 0.457 e. The maximum Gasteiger partial charge on any atom is 0.306 e. The molecule has 0 amide bonds. The summed E-state index contributed by atoms with van der Waals surface area (Å²) in [6.45, 7) is 3.64. The van der Waals surface area contributed by atoms with E-state index < -0.39 is 86.7 Å². The summed E-state index contributed by atoms with van der Waals surface area (Å²) in [7, 11) is 0. The Hall–Kier alpha value is -2.31. The third-order valence-corrected chi connectivity index (χ3v) is 13.7. The summed E-state index contributed by atoms with van der Waals surface area (Å²) in [5.74, 6) is -0.392. The van der Waals surface area contributed by atoms with E-state index >= 15 is 0 Å². The Morgan fingerprint density at radius 2 is 0.838 bits per heavy atom. The highest BCUT2D eigenvalue weighted by molar-refractivity contribution is 5.69. The van der Waals surface area contributed by atoms with Crippen molar-refractivity contribution in [1.29, 1.82) is 0 Å². The molecule has 430 valence electrons. The summed E-state index contributed by atoms with van der Waals surface area (Å²) in [6.07, 6.45) is 41.3. The lowest BCUT2D eigenvalue weighted by atomic mass is 9.98. The topological polar surface area (TPSA) is 214 Å². The average Bonchev–Trinajstić information content (AvgIpc) is 3.40. The second-order valence-corrected chi connectivity index (χ2v) is 20.5. The van der Waals surface area contributed by atoms with Gasteiger partial charge in [-0.3, -0.25) is 4.79 Å². The van der Waals surface area contributed by atoms with Crippen molar-refractivity contribution in [1.82, 2.24) is 0 Å². The van der Waals surface area contributed by atoms with Crippen LogP contribution in [-0.2, 0) is 33.2 Å². The van der Waals surface area contributed by atoms with Gasteiger partial charge in [0.05, 0.1) is 26.4 Å². The number of hydrogen-bond donors (Lipinski definition) is 7.